The predicted octanol–water partition coefficient (Wildman–Crippen LogP) is 9.17. The predicted molar refractivity (Wildman–Crippen MR) is 239 cm³/mol. The van der Waals surface area contributed by atoms with Gasteiger partial charge in [0.15, 0.2) is 6.10 Å². The highest BCUT2D eigenvalue weighted by Gasteiger charge is 2.51. The molecule has 1 saturated carbocycles. The molecule has 0 heterocycles. The highest BCUT2D eigenvalue weighted by molar-refractivity contribution is 7.47. The van der Waals surface area contributed by atoms with Gasteiger partial charge in [-0.25, -0.2) is 4.57 Å². The molecule has 0 aromatic rings. The fourth-order valence-electron chi connectivity index (χ4n) is 6.87. The summed E-state index contributed by atoms with van der Waals surface area (Å²) in [5, 5.41) is 50.1. The first-order valence-corrected chi connectivity index (χ1v) is 24.9. The molecule has 1 rings (SSSR count). The maximum atomic E-state index is 12.8. The number of carbonyl (C=O) groups is 2. The highest BCUT2D eigenvalue weighted by Crippen LogP contribution is 2.47. The molecule has 14 heteroatoms. The summed E-state index contributed by atoms with van der Waals surface area (Å²) < 4.78 is 33.5. The molecule has 0 aliphatic heterocycles. The van der Waals surface area contributed by atoms with Crippen molar-refractivity contribution in [2.24, 2.45) is 0 Å². The van der Waals surface area contributed by atoms with Crippen molar-refractivity contribution in [3.63, 3.8) is 0 Å². The number of unbranched alkanes of at least 4 members (excludes halogenated alkanes) is 18. The van der Waals surface area contributed by atoms with Gasteiger partial charge in [0, 0.05) is 12.8 Å². The number of aliphatic hydroxyl groups is 5. The minimum Gasteiger partial charge on any atom is -0.462 e. The average molecular weight is 887 g/mol. The van der Waals surface area contributed by atoms with Crippen LogP contribution in [0.2, 0.25) is 0 Å². The molecule has 6 N–H and O–H groups in total. The van der Waals surface area contributed by atoms with Crippen LogP contribution in [-0.2, 0) is 32.7 Å². The van der Waals surface area contributed by atoms with Crippen LogP contribution in [0, 0.1) is 0 Å². The number of esters is 2. The molecule has 0 amide bonds. The lowest BCUT2D eigenvalue weighted by molar-refractivity contribution is -0.220. The van der Waals surface area contributed by atoms with Crippen molar-refractivity contribution in [3.05, 3.63) is 48.6 Å². The summed E-state index contributed by atoms with van der Waals surface area (Å²) in [6, 6.07) is 0. The van der Waals surface area contributed by atoms with Crippen LogP contribution in [-0.4, -0.2) is 98.3 Å². The molecule has 0 aromatic heterocycles. The Balaban J connectivity index is 2.50. The van der Waals surface area contributed by atoms with Gasteiger partial charge in [-0.05, 0) is 51.4 Å². The van der Waals surface area contributed by atoms with E-state index in [1.54, 1.807) is 0 Å². The third kappa shape index (κ3) is 29.7. The molecule has 13 nitrogen and oxygen atoms in total. The fourth-order valence-corrected chi connectivity index (χ4v) is 7.84. The molecule has 0 radical (unpaired) electrons. The van der Waals surface area contributed by atoms with Gasteiger partial charge in [-0.3, -0.25) is 18.6 Å². The van der Waals surface area contributed by atoms with Gasteiger partial charge in [0.2, 0.25) is 0 Å². The lowest BCUT2D eigenvalue weighted by atomic mass is 9.85. The normalized spacial score (nSPS) is 22.4. The van der Waals surface area contributed by atoms with Gasteiger partial charge in [0.05, 0.1) is 6.61 Å². The monoisotopic (exact) mass is 887 g/mol. The number of phosphoric acid groups is 1. The number of rotatable bonds is 38. The number of hydrogen-bond acceptors (Lipinski definition) is 12. The molecular formula is C47H83O13P. The Hall–Kier alpha value is -2.19. The zero-order valence-corrected chi connectivity index (χ0v) is 38.3. The Morgan fingerprint density at radius 3 is 1.39 bits per heavy atom. The van der Waals surface area contributed by atoms with Crippen molar-refractivity contribution in [1.82, 2.24) is 0 Å². The SMILES string of the molecule is CCCCCC=CCC=CCC=CCC=CCCCC(=O)OC(COC(=O)CCCCCCCCCCCCCCCCC)COP(=O)(O)OC1C(O)C(O)C(O)C(O)C1O. The summed E-state index contributed by atoms with van der Waals surface area (Å²) in [4.78, 5) is 35.7. The largest absolute Gasteiger partial charge is 0.472 e. The zero-order chi connectivity index (χ0) is 45.0. The van der Waals surface area contributed by atoms with E-state index in [2.05, 4.69) is 50.3 Å². The number of ether oxygens (including phenoxy) is 2. The maximum absolute atomic E-state index is 12.8. The quantitative estimate of drug-likeness (QED) is 0.0148. The number of carbonyl (C=O) groups excluding carboxylic acids is 2. The standard InChI is InChI=1S/C47H83O13P/c1-3-5-7-9-11-13-15-17-19-20-22-24-26-28-30-32-34-36-41(49)59-39(38-58-61(55,56)60-47-45(53)43(51)42(50)44(52)46(47)54)37-57-40(48)35-33-31-29-27-25-23-21-18-16-14-12-10-8-6-4-2/h11,13,17,19,22,24,28,30,39,42-47,50-54H,3-10,12,14-16,18,20-21,23,25-27,29,31-38H2,1-2H3,(H,55,56). The van der Waals surface area contributed by atoms with Gasteiger partial charge in [0.1, 0.15) is 43.2 Å². The lowest BCUT2D eigenvalue weighted by Gasteiger charge is -2.41. The van der Waals surface area contributed by atoms with Crippen LogP contribution in [0.4, 0.5) is 0 Å². The van der Waals surface area contributed by atoms with E-state index in [0.29, 0.717) is 19.3 Å². The number of allylic oxidation sites excluding steroid dienone is 8. The van der Waals surface area contributed by atoms with Gasteiger partial charge < -0.3 is 39.9 Å². The highest BCUT2D eigenvalue weighted by atomic mass is 31.2. The van der Waals surface area contributed by atoms with Crippen molar-refractivity contribution >= 4 is 19.8 Å². The molecule has 0 bridgehead atoms. The van der Waals surface area contributed by atoms with E-state index in [1.807, 2.05) is 12.2 Å². The fraction of sp³-hybridized carbons (Fsp3) is 0.787. The molecule has 61 heavy (non-hydrogen) atoms. The number of hydrogen-bond donors (Lipinski definition) is 6. The van der Waals surface area contributed by atoms with Crippen LogP contribution in [0.3, 0.4) is 0 Å². The van der Waals surface area contributed by atoms with Crippen LogP contribution in [0.5, 0.6) is 0 Å². The van der Waals surface area contributed by atoms with E-state index in [1.165, 1.54) is 89.9 Å². The summed E-state index contributed by atoms with van der Waals surface area (Å²) in [6.07, 6.45) is 30.3. The molecule has 0 saturated heterocycles. The van der Waals surface area contributed by atoms with Gasteiger partial charge in [-0.1, -0.05) is 165 Å². The summed E-state index contributed by atoms with van der Waals surface area (Å²) in [7, 11) is -5.13. The second-order valence-corrected chi connectivity index (χ2v) is 17.7. The average Bonchev–Trinajstić information content (AvgIpc) is 3.24. The van der Waals surface area contributed by atoms with Crippen LogP contribution >= 0.6 is 7.82 Å². The molecular weight excluding hydrogens is 803 g/mol. The summed E-state index contributed by atoms with van der Waals surface area (Å²) in [5.74, 6) is -1.16. The van der Waals surface area contributed by atoms with Crippen molar-refractivity contribution in [2.45, 2.75) is 224 Å². The second kappa shape index (κ2) is 37.2. The van der Waals surface area contributed by atoms with Crippen molar-refractivity contribution in [1.29, 1.82) is 0 Å². The minimum atomic E-state index is -5.13. The topological polar surface area (TPSA) is 210 Å². The molecule has 1 fully saturated rings. The second-order valence-electron chi connectivity index (χ2n) is 16.3. The third-order valence-corrected chi connectivity index (χ3v) is 11.7. The Bertz CT molecular complexity index is 1250. The molecule has 6 atom stereocenters. The third-order valence-electron chi connectivity index (χ3n) is 10.7. The first kappa shape index (κ1) is 56.8. The maximum Gasteiger partial charge on any atom is 0.472 e. The molecule has 1 aliphatic rings. The molecule has 354 valence electrons. The van der Waals surface area contributed by atoms with Crippen LogP contribution in [0.15, 0.2) is 48.6 Å². The zero-order valence-electron chi connectivity index (χ0n) is 37.4. The van der Waals surface area contributed by atoms with E-state index in [9.17, 15) is 44.6 Å². The van der Waals surface area contributed by atoms with Crippen molar-refractivity contribution < 1.29 is 63.1 Å². The van der Waals surface area contributed by atoms with Gasteiger partial charge in [0.25, 0.3) is 0 Å². The molecule has 6 unspecified atom stereocenters. The van der Waals surface area contributed by atoms with Crippen LogP contribution < -0.4 is 0 Å². The Morgan fingerprint density at radius 2 is 0.902 bits per heavy atom. The molecule has 1 aliphatic carbocycles. The van der Waals surface area contributed by atoms with Gasteiger partial charge in [-0.2, -0.15) is 0 Å². The first-order chi connectivity index (χ1) is 29.4. The van der Waals surface area contributed by atoms with Crippen molar-refractivity contribution in [2.75, 3.05) is 13.2 Å². The number of phosphoric ester groups is 1. The number of aliphatic hydroxyl groups excluding tert-OH is 5. The Kier molecular flexibility index (Phi) is 34.7. The van der Waals surface area contributed by atoms with E-state index >= 15 is 0 Å². The van der Waals surface area contributed by atoms with Gasteiger partial charge >= 0.3 is 19.8 Å². The lowest BCUT2D eigenvalue weighted by Crippen LogP contribution is -2.64. The molecule has 0 spiro atoms. The van der Waals surface area contributed by atoms with E-state index in [-0.39, 0.29) is 12.8 Å². The summed E-state index contributed by atoms with van der Waals surface area (Å²) in [6.45, 7) is 3.23. The van der Waals surface area contributed by atoms with E-state index < -0.39 is 75.7 Å². The van der Waals surface area contributed by atoms with E-state index in [4.69, 9.17) is 18.5 Å². The van der Waals surface area contributed by atoms with Crippen LogP contribution in [0.25, 0.3) is 0 Å². The molecule has 0 aromatic carbocycles. The summed E-state index contributed by atoms with van der Waals surface area (Å²) in [5.41, 5.74) is 0. The summed E-state index contributed by atoms with van der Waals surface area (Å²) >= 11 is 0. The van der Waals surface area contributed by atoms with Crippen LogP contribution in [0.1, 0.15) is 181 Å². The smallest absolute Gasteiger partial charge is 0.462 e. The van der Waals surface area contributed by atoms with Gasteiger partial charge in [-0.15, -0.1) is 0 Å². The van der Waals surface area contributed by atoms with Crippen molar-refractivity contribution in [3.8, 4) is 0 Å². The minimum absolute atomic E-state index is 0.0213. The Morgan fingerprint density at radius 1 is 0.508 bits per heavy atom. The first-order valence-electron chi connectivity index (χ1n) is 23.4. The van der Waals surface area contributed by atoms with E-state index in [0.717, 1.165) is 44.9 Å². The Labute approximate surface area is 367 Å².